The molecule has 0 unspecified atom stereocenters. The van der Waals surface area contributed by atoms with Crippen LogP contribution in [0.5, 0.6) is 0 Å². The summed E-state index contributed by atoms with van der Waals surface area (Å²) < 4.78 is 1.66. The molecule has 2 aliphatic rings. The number of aromatic nitrogens is 5. The van der Waals surface area contributed by atoms with Crippen LogP contribution in [0.2, 0.25) is 0 Å². The number of rotatable bonds is 4. The standard InChI is InChI=1S/C17H26N8O/c1-23-16-15(21-22-23)17(19-12-18-16)25-9-7-24(8-10-25)11-14(26)20-13-5-3-2-4-6-13/h12-13H,2-11H2,1H3,(H,20,26). The smallest absolute Gasteiger partial charge is 0.234 e. The van der Waals surface area contributed by atoms with Crippen LogP contribution in [0.3, 0.4) is 0 Å². The largest absolute Gasteiger partial charge is 0.352 e. The molecule has 0 radical (unpaired) electrons. The summed E-state index contributed by atoms with van der Waals surface area (Å²) in [5.74, 6) is 0.984. The van der Waals surface area contributed by atoms with Crippen LogP contribution in [0, 0.1) is 0 Å². The summed E-state index contributed by atoms with van der Waals surface area (Å²) in [6, 6.07) is 0.378. The van der Waals surface area contributed by atoms with Crippen LogP contribution in [0.25, 0.3) is 11.2 Å². The highest BCUT2D eigenvalue weighted by molar-refractivity contribution is 5.82. The summed E-state index contributed by atoms with van der Waals surface area (Å²) in [5.41, 5.74) is 1.47. The second kappa shape index (κ2) is 7.53. The molecule has 140 valence electrons. The van der Waals surface area contributed by atoms with Crippen LogP contribution in [-0.2, 0) is 11.8 Å². The Morgan fingerprint density at radius 3 is 2.69 bits per heavy atom. The van der Waals surface area contributed by atoms with E-state index in [2.05, 4.69) is 35.4 Å². The predicted octanol–water partition coefficient (Wildman–Crippen LogP) is 0.329. The lowest BCUT2D eigenvalue weighted by molar-refractivity contribution is -0.123. The Kier molecular flexibility index (Phi) is 4.96. The average molecular weight is 358 g/mol. The first-order valence-corrected chi connectivity index (χ1v) is 9.48. The molecule has 1 N–H and O–H groups in total. The first kappa shape index (κ1) is 17.1. The zero-order valence-corrected chi connectivity index (χ0v) is 15.3. The molecule has 9 nitrogen and oxygen atoms in total. The first-order valence-electron chi connectivity index (χ1n) is 9.48. The van der Waals surface area contributed by atoms with Gasteiger partial charge in [-0.2, -0.15) is 0 Å². The number of nitrogens with zero attached hydrogens (tertiary/aromatic N) is 7. The number of carbonyl (C=O) groups is 1. The lowest BCUT2D eigenvalue weighted by Gasteiger charge is -2.35. The predicted molar refractivity (Wildman–Crippen MR) is 97.8 cm³/mol. The van der Waals surface area contributed by atoms with Gasteiger partial charge in [0.1, 0.15) is 6.33 Å². The minimum atomic E-state index is 0.156. The molecule has 1 amide bonds. The molecule has 2 aromatic heterocycles. The van der Waals surface area contributed by atoms with Gasteiger partial charge in [-0.15, -0.1) is 5.10 Å². The number of hydrogen-bond donors (Lipinski definition) is 1. The van der Waals surface area contributed by atoms with E-state index in [1.54, 1.807) is 11.0 Å². The van der Waals surface area contributed by atoms with E-state index in [-0.39, 0.29) is 5.91 Å². The molecule has 4 rings (SSSR count). The Morgan fingerprint density at radius 2 is 1.92 bits per heavy atom. The fourth-order valence-corrected chi connectivity index (χ4v) is 3.91. The summed E-state index contributed by atoms with van der Waals surface area (Å²) in [6.07, 6.45) is 7.59. The number of piperazine rings is 1. The molecule has 1 aliphatic heterocycles. The van der Waals surface area contributed by atoms with Gasteiger partial charge in [0, 0.05) is 39.3 Å². The number of aryl methyl sites for hydroxylation is 1. The van der Waals surface area contributed by atoms with Crippen LogP contribution in [-0.4, -0.2) is 74.5 Å². The van der Waals surface area contributed by atoms with Gasteiger partial charge in [0.2, 0.25) is 5.91 Å². The lowest BCUT2D eigenvalue weighted by atomic mass is 9.95. The summed E-state index contributed by atoms with van der Waals surface area (Å²) in [6.45, 7) is 3.79. The Morgan fingerprint density at radius 1 is 1.15 bits per heavy atom. The molecule has 3 heterocycles. The lowest BCUT2D eigenvalue weighted by Crippen LogP contribution is -2.51. The van der Waals surface area contributed by atoms with Gasteiger partial charge in [-0.1, -0.05) is 24.5 Å². The highest BCUT2D eigenvalue weighted by atomic mass is 16.2. The Hall–Kier alpha value is -2.29. The molecule has 2 aromatic rings. The number of anilines is 1. The van der Waals surface area contributed by atoms with Crippen molar-refractivity contribution in [2.45, 2.75) is 38.1 Å². The van der Waals surface area contributed by atoms with Crippen molar-refractivity contribution in [1.82, 2.24) is 35.2 Å². The molecule has 1 saturated carbocycles. The summed E-state index contributed by atoms with van der Waals surface area (Å²) in [5, 5.41) is 11.4. The minimum Gasteiger partial charge on any atom is -0.352 e. The summed E-state index contributed by atoms with van der Waals surface area (Å²) >= 11 is 0. The first-order chi connectivity index (χ1) is 12.7. The van der Waals surface area contributed by atoms with E-state index in [4.69, 9.17) is 0 Å². The van der Waals surface area contributed by atoms with Crippen molar-refractivity contribution in [3.8, 4) is 0 Å². The van der Waals surface area contributed by atoms with Gasteiger partial charge in [-0.3, -0.25) is 9.69 Å². The minimum absolute atomic E-state index is 0.156. The van der Waals surface area contributed by atoms with Gasteiger partial charge in [0.15, 0.2) is 17.0 Å². The fraction of sp³-hybridized carbons (Fsp3) is 0.706. The fourth-order valence-electron chi connectivity index (χ4n) is 3.91. The van der Waals surface area contributed by atoms with Crippen molar-refractivity contribution in [3.63, 3.8) is 0 Å². The van der Waals surface area contributed by atoms with Crippen molar-refractivity contribution >= 4 is 22.9 Å². The van der Waals surface area contributed by atoms with Crippen LogP contribution in [0.1, 0.15) is 32.1 Å². The second-order valence-corrected chi connectivity index (χ2v) is 7.25. The third kappa shape index (κ3) is 3.62. The second-order valence-electron chi connectivity index (χ2n) is 7.25. The number of nitrogens with one attached hydrogen (secondary N) is 1. The molecule has 0 spiro atoms. The number of fused-ring (bicyclic) bond motifs is 1. The van der Waals surface area contributed by atoms with E-state index < -0.39 is 0 Å². The molecular weight excluding hydrogens is 332 g/mol. The zero-order chi connectivity index (χ0) is 17.9. The maximum Gasteiger partial charge on any atom is 0.234 e. The van der Waals surface area contributed by atoms with E-state index in [1.165, 1.54) is 19.3 Å². The van der Waals surface area contributed by atoms with E-state index >= 15 is 0 Å². The molecule has 9 heteroatoms. The molecule has 0 atom stereocenters. The van der Waals surface area contributed by atoms with Gasteiger partial charge in [0.05, 0.1) is 6.54 Å². The van der Waals surface area contributed by atoms with Crippen molar-refractivity contribution < 1.29 is 4.79 Å². The number of hydrogen-bond acceptors (Lipinski definition) is 7. The van der Waals surface area contributed by atoms with Gasteiger partial charge in [-0.05, 0) is 12.8 Å². The normalized spacial score (nSPS) is 19.8. The maximum atomic E-state index is 12.3. The molecule has 0 bridgehead atoms. The topological polar surface area (TPSA) is 92.1 Å². The number of amides is 1. The Bertz CT molecular complexity index is 761. The molecule has 1 saturated heterocycles. The Balaban J connectivity index is 1.31. The van der Waals surface area contributed by atoms with Crippen LogP contribution < -0.4 is 10.2 Å². The van der Waals surface area contributed by atoms with E-state index in [0.717, 1.165) is 56.0 Å². The van der Waals surface area contributed by atoms with E-state index in [1.807, 2.05) is 7.05 Å². The van der Waals surface area contributed by atoms with Crippen LogP contribution in [0.15, 0.2) is 6.33 Å². The monoisotopic (exact) mass is 358 g/mol. The molecular formula is C17H26N8O. The van der Waals surface area contributed by atoms with E-state index in [9.17, 15) is 4.79 Å². The van der Waals surface area contributed by atoms with Crippen LogP contribution in [0.4, 0.5) is 5.82 Å². The Labute approximate surface area is 152 Å². The highest BCUT2D eigenvalue weighted by Crippen LogP contribution is 2.21. The van der Waals surface area contributed by atoms with Crippen LogP contribution >= 0.6 is 0 Å². The van der Waals surface area contributed by atoms with Gasteiger partial charge < -0.3 is 10.2 Å². The molecule has 2 fully saturated rings. The molecule has 0 aromatic carbocycles. The quantitative estimate of drug-likeness (QED) is 0.842. The van der Waals surface area contributed by atoms with Gasteiger partial charge in [0.25, 0.3) is 0 Å². The highest BCUT2D eigenvalue weighted by Gasteiger charge is 2.24. The zero-order valence-electron chi connectivity index (χ0n) is 15.3. The maximum absolute atomic E-state index is 12.3. The molecule has 1 aliphatic carbocycles. The summed E-state index contributed by atoms with van der Waals surface area (Å²) in [7, 11) is 1.83. The van der Waals surface area contributed by atoms with Crippen molar-refractivity contribution in [3.05, 3.63) is 6.33 Å². The summed E-state index contributed by atoms with van der Waals surface area (Å²) in [4.78, 5) is 25.4. The molecule has 26 heavy (non-hydrogen) atoms. The third-order valence-electron chi connectivity index (χ3n) is 5.38. The van der Waals surface area contributed by atoms with Crippen molar-refractivity contribution in [2.24, 2.45) is 7.05 Å². The third-order valence-corrected chi connectivity index (χ3v) is 5.38. The van der Waals surface area contributed by atoms with Crippen molar-refractivity contribution in [2.75, 3.05) is 37.6 Å². The van der Waals surface area contributed by atoms with Gasteiger partial charge >= 0.3 is 0 Å². The SMILES string of the molecule is Cn1nnc2c(N3CCN(CC(=O)NC4CCCCC4)CC3)ncnc21. The van der Waals surface area contributed by atoms with E-state index in [0.29, 0.717) is 12.6 Å². The van der Waals surface area contributed by atoms with Crippen molar-refractivity contribution in [1.29, 1.82) is 0 Å². The van der Waals surface area contributed by atoms with Gasteiger partial charge in [-0.25, -0.2) is 14.6 Å². The average Bonchev–Trinajstić information content (AvgIpc) is 3.04. The number of carbonyl (C=O) groups excluding carboxylic acids is 1.